The number of hydrogen-bond donors (Lipinski definition) is 3. The summed E-state index contributed by atoms with van der Waals surface area (Å²) < 4.78 is 5.18. The molecule has 0 amide bonds. The van der Waals surface area contributed by atoms with Gasteiger partial charge >= 0.3 is 0 Å². The lowest BCUT2D eigenvalue weighted by molar-refractivity contribution is 0.602. The Hall–Kier alpha value is -1.59. The summed E-state index contributed by atoms with van der Waals surface area (Å²) in [5.74, 6) is 0. The predicted molar refractivity (Wildman–Crippen MR) is 59.5 cm³/mol. The van der Waals surface area contributed by atoms with E-state index in [1.54, 1.807) is 0 Å². The van der Waals surface area contributed by atoms with Crippen molar-refractivity contribution >= 4 is 16.8 Å². The number of hydrogen-bond acceptors (Lipinski definition) is 5. The second-order valence-electron chi connectivity index (χ2n) is 3.41. The standard InChI is InChI=1S/C10H14N4O/c11-4-7(12)5-13-8-1-2-9-10(3-8)15-6-14-9/h1-3,6-7,13H,4-5,11-12H2. The smallest absolute Gasteiger partial charge is 0.181 e. The topological polar surface area (TPSA) is 90.1 Å². The number of aromatic nitrogens is 1. The first-order valence-electron chi connectivity index (χ1n) is 4.82. The van der Waals surface area contributed by atoms with E-state index < -0.39 is 0 Å². The third kappa shape index (κ3) is 2.26. The number of oxazole rings is 1. The zero-order valence-electron chi connectivity index (χ0n) is 8.31. The summed E-state index contributed by atoms with van der Waals surface area (Å²) in [5.41, 5.74) is 13.7. The van der Waals surface area contributed by atoms with Crippen LogP contribution in [0.2, 0.25) is 0 Å². The highest BCUT2D eigenvalue weighted by Crippen LogP contribution is 2.17. The lowest BCUT2D eigenvalue weighted by Gasteiger charge is -2.10. The van der Waals surface area contributed by atoms with Gasteiger partial charge in [-0.05, 0) is 12.1 Å². The van der Waals surface area contributed by atoms with Crippen molar-refractivity contribution in [1.82, 2.24) is 4.98 Å². The normalized spacial score (nSPS) is 12.9. The largest absolute Gasteiger partial charge is 0.443 e. The molecule has 15 heavy (non-hydrogen) atoms. The lowest BCUT2D eigenvalue weighted by Crippen LogP contribution is -2.36. The van der Waals surface area contributed by atoms with Crippen LogP contribution in [0, 0.1) is 0 Å². The molecule has 5 N–H and O–H groups in total. The molecule has 5 nitrogen and oxygen atoms in total. The molecule has 5 heteroatoms. The highest BCUT2D eigenvalue weighted by molar-refractivity contribution is 5.76. The van der Waals surface area contributed by atoms with E-state index in [2.05, 4.69) is 10.3 Å². The van der Waals surface area contributed by atoms with Crippen LogP contribution in [0.25, 0.3) is 11.1 Å². The molecule has 0 aliphatic rings. The SMILES string of the molecule is NCC(N)CNc1ccc2ncoc2c1. The van der Waals surface area contributed by atoms with E-state index in [-0.39, 0.29) is 6.04 Å². The van der Waals surface area contributed by atoms with Crippen LogP contribution in [0.3, 0.4) is 0 Å². The van der Waals surface area contributed by atoms with Gasteiger partial charge in [-0.25, -0.2) is 4.98 Å². The van der Waals surface area contributed by atoms with Crippen molar-refractivity contribution in [3.05, 3.63) is 24.6 Å². The number of anilines is 1. The van der Waals surface area contributed by atoms with Crippen molar-refractivity contribution in [2.24, 2.45) is 11.5 Å². The van der Waals surface area contributed by atoms with Crippen LogP contribution in [0.4, 0.5) is 5.69 Å². The molecule has 1 atom stereocenters. The summed E-state index contributed by atoms with van der Waals surface area (Å²) in [7, 11) is 0. The van der Waals surface area contributed by atoms with Crippen LogP contribution in [0.1, 0.15) is 0 Å². The number of rotatable bonds is 4. The number of benzene rings is 1. The minimum atomic E-state index is -0.0320. The Morgan fingerprint density at radius 2 is 2.33 bits per heavy atom. The van der Waals surface area contributed by atoms with Crippen LogP contribution < -0.4 is 16.8 Å². The summed E-state index contributed by atoms with van der Waals surface area (Å²) in [6, 6.07) is 5.70. The van der Waals surface area contributed by atoms with Gasteiger partial charge in [0, 0.05) is 30.9 Å². The lowest BCUT2D eigenvalue weighted by atomic mass is 10.2. The van der Waals surface area contributed by atoms with Crippen LogP contribution in [0.15, 0.2) is 29.0 Å². The molecule has 1 heterocycles. The highest BCUT2D eigenvalue weighted by atomic mass is 16.3. The molecule has 2 rings (SSSR count). The van der Waals surface area contributed by atoms with E-state index in [4.69, 9.17) is 15.9 Å². The second kappa shape index (κ2) is 4.29. The van der Waals surface area contributed by atoms with Crippen molar-refractivity contribution in [3.8, 4) is 0 Å². The van der Waals surface area contributed by atoms with Crippen molar-refractivity contribution in [1.29, 1.82) is 0 Å². The van der Waals surface area contributed by atoms with Crippen LogP contribution >= 0.6 is 0 Å². The minimum absolute atomic E-state index is 0.0320. The first-order valence-corrected chi connectivity index (χ1v) is 4.82. The van der Waals surface area contributed by atoms with Crippen molar-refractivity contribution in [2.45, 2.75) is 6.04 Å². The van der Waals surface area contributed by atoms with E-state index in [0.29, 0.717) is 13.1 Å². The van der Waals surface area contributed by atoms with Gasteiger partial charge in [0.05, 0.1) is 0 Å². The Morgan fingerprint density at radius 1 is 1.47 bits per heavy atom. The molecule has 0 bridgehead atoms. The molecule has 0 saturated heterocycles. The summed E-state index contributed by atoms with van der Waals surface area (Å²) in [4.78, 5) is 4.03. The molecule has 0 aliphatic carbocycles. The fourth-order valence-corrected chi connectivity index (χ4v) is 1.30. The maximum absolute atomic E-state index is 5.69. The predicted octanol–water partition coefficient (Wildman–Crippen LogP) is 0.526. The van der Waals surface area contributed by atoms with Gasteiger partial charge < -0.3 is 21.2 Å². The van der Waals surface area contributed by atoms with E-state index >= 15 is 0 Å². The summed E-state index contributed by atoms with van der Waals surface area (Å²) >= 11 is 0. The van der Waals surface area contributed by atoms with Crippen LogP contribution in [-0.2, 0) is 0 Å². The zero-order chi connectivity index (χ0) is 10.7. The summed E-state index contributed by atoms with van der Waals surface area (Å²) in [5, 5.41) is 3.18. The van der Waals surface area contributed by atoms with Gasteiger partial charge in [0.15, 0.2) is 12.0 Å². The van der Waals surface area contributed by atoms with Crippen LogP contribution in [0.5, 0.6) is 0 Å². The van der Waals surface area contributed by atoms with Gasteiger partial charge in [-0.15, -0.1) is 0 Å². The Labute approximate surface area is 87.5 Å². The van der Waals surface area contributed by atoms with Gasteiger partial charge in [-0.1, -0.05) is 0 Å². The van der Waals surface area contributed by atoms with Gasteiger partial charge in [0.25, 0.3) is 0 Å². The number of nitrogens with one attached hydrogen (secondary N) is 1. The molecule has 0 fully saturated rings. The quantitative estimate of drug-likeness (QED) is 0.678. The monoisotopic (exact) mass is 206 g/mol. The molecule has 2 aromatic rings. The Balaban J connectivity index is 2.08. The maximum Gasteiger partial charge on any atom is 0.181 e. The van der Waals surface area contributed by atoms with E-state index in [1.165, 1.54) is 6.39 Å². The van der Waals surface area contributed by atoms with Gasteiger partial charge in [0.1, 0.15) is 5.52 Å². The first kappa shape index (κ1) is 9.95. The third-order valence-electron chi connectivity index (χ3n) is 2.20. The molecule has 0 radical (unpaired) electrons. The fraction of sp³-hybridized carbons (Fsp3) is 0.300. The summed E-state index contributed by atoms with van der Waals surface area (Å²) in [6.45, 7) is 1.12. The Morgan fingerprint density at radius 3 is 3.13 bits per heavy atom. The molecule has 0 aliphatic heterocycles. The van der Waals surface area contributed by atoms with Gasteiger partial charge in [-0.3, -0.25) is 0 Å². The molecule has 80 valence electrons. The minimum Gasteiger partial charge on any atom is -0.443 e. The molecular weight excluding hydrogens is 192 g/mol. The molecular formula is C10H14N4O. The molecule has 1 unspecified atom stereocenters. The average Bonchev–Trinajstić information content (AvgIpc) is 2.72. The average molecular weight is 206 g/mol. The van der Waals surface area contributed by atoms with Crippen molar-refractivity contribution < 1.29 is 4.42 Å². The maximum atomic E-state index is 5.69. The van der Waals surface area contributed by atoms with Crippen molar-refractivity contribution in [2.75, 3.05) is 18.4 Å². The molecule has 0 saturated carbocycles. The van der Waals surface area contributed by atoms with Crippen LogP contribution in [-0.4, -0.2) is 24.1 Å². The molecule has 0 spiro atoms. The zero-order valence-corrected chi connectivity index (χ0v) is 8.31. The van der Waals surface area contributed by atoms with Gasteiger partial charge in [0.2, 0.25) is 0 Å². The fourth-order valence-electron chi connectivity index (χ4n) is 1.30. The second-order valence-corrected chi connectivity index (χ2v) is 3.41. The Bertz CT molecular complexity index is 440. The van der Waals surface area contributed by atoms with Crippen molar-refractivity contribution in [3.63, 3.8) is 0 Å². The number of fused-ring (bicyclic) bond motifs is 1. The number of nitrogens with zero attached hydrogens (tertiary/aromatic N) is 1. The first-order chi connectivity index (χ1) is 7.29. The molecule has 1 aromatic carbocycles. The van der Waals surface area contributed by atoms with E-state index in [1.807, 2.05) is 18.2 Å². The third-order valence-corrected chi connectivity index (χ3v) is 2.20. The highest BCUT2D eigenvalue weighted by Gasteiger charge is 2.02. The Kier molecular flexibility index (Phi) is 2.84. The number of nitrogens with two attached hydrogens (primary N) is 2. The van der Waals surface area contributed by atoms with Gasteiger partial charge in [-0.2, -0.15) is 0 Å². The van der Waals surface area contributed by atoms with E-state index in [9.17, 15) is 0 Å². The van der Waals surface area contributed by atoms with E-state index in [0.717, 1.165) is 16.8 Å². The summed E-state index contributed by atoms with van der Waals surface area (Å²) in [6.07, 6.45) is 1.43. The molecule has 1 aromatic heterocycles.